The van der Waals surface area contributed by atoms with Crippen molar-refractivity contribution in [3.63, 3.8) is 0 Å². The lowest BCUT2D eigenvalue weighted by Gasteiger charge is -2.15. The molecule has 0 aromatic heterocycles. The van der Waals surface area contributed by atoms with Crippen LogP contribution in [0.5, 0.6) is 0 Å². The topological polar surface area (TPSA) is 0 Å². The van der Waals surface area contributed by atoms with Crippen LogP contribution in [-0.4, -0.2) is 0 Å². The molecule has 46 heavy (non-hydrogen) atoms. The molecule has 1 aliphatic carbocycles. The summed E-state index contributed by atoms with van der Waals surface area (Å²) < 4.78 is 0. The van der Waals surface area contributed by atoms with Gasteiger partial charge in [-0.15, -0.1) is 0 Å². The fraction of sp³-hybridized carbons (Fsp3) is 0.0870. The highest BCUT2D eigenvalue weighted by molar-refractivity contribution is 5.90. The summed E-state index contributed by atoms with van der Waals surface area (Å²) in [5, 5.41) is 0. The van der Waals surface area contributed by atoms with E-state index in [2.05, 4.69) is 214 Å². The summed E-state index contributed by atoms with van der Waals surface area (Å²) >= 11 is 0. The van der Waals surface area contributed by atoms with Crippen LogP contribution in [0.4, 0.5) is 0 Å². The zero-order chi connectivity index (χ0) is 31.8. The van der Waals surface area contributed by atoms with Gasteiger partial charge in [0.25, 0.3) is 0 Å². The van der Waals surface area contributed by atoms with Crippen LogP contribution >= 0.6 is 0 Å². The van der Waals surface area contributed by atoms with Gasteiger partial charge in [-0.05, 0) is 68.5 Å². The molecule has 0 N–H and O–H groups in total. The van der Waals surface area contributed by atoms with Crippen LogP contribution in [0.15, 0.2) is 206 Å². The first kappa shape index (κ1) is 31.9. The Balaban J connectivity index is 1.68. The molecule has 0 saturated heterocycles. The molecular formula is C46H42. The van der Waals surface area contributed by atoms with Gasteiger partial charge in [-0.3, -0.25) is 0 Å². The van der Waals surface area contributed by atoms with Crippen LogP contribution in [0.25, 0.3) is 27.8 Å². The first-order valence-electron chi connectivity index (χ1n) is 16.2. The standard InChI is InChI=1S/C46H42/c1-3-4-5-6-7-11-22-37(2)41-33-34-43(39-25-14-9-15-26-39)36-42(38-23-12-8-13-24-38)29-18-19-30-44(35-41)46-32-21-20-31-45(46)40-27-16-10-17-28-40/h4-37H,3H2,1-2H3/b5-4-,7-6-,19-18?,22-11+,29-18?,30-19?,34-33?,41-33?,41-35?,42-29?,42-36?,43-34?,43-36?,44-30?,44-35?. The molecule has 1 atom stereocenters. The molecule has 0 nitrogen and oxygen atoms in total. The van der Waals surface area contributed by atoms with Crippen LogP contribution in [0, 0.1) is 5.92 Å². The highest BCUT2D eigenvalue weighted by Crippen LogP contribution is 2.33. The Morgan fingerprint density at radius 3 is 1.70 bits per heavy atom. The Morgan fingerprint density at radius 1 is 0.500 bits per heavy atom. The van der Waals surface area contributed by atoms with E-state index in [1.165, 1.54) is 33.4 Å². The average molecular weight is 595 g/mol. The monoisotopic (exact) mass is 594 g/mol. The molecule has 4 aromatic rings. The lowest BCUT2D eigenvalue weighted by molar-refractivity contribution is 0.892. The van der Waals surface area contributed by atoms with Crippen LogP contribution in [0.1, 0.15) is 37.0 Å². The van der Waals surface area contributed by atoms with Gasteiger partial charge in [0, 0.05) is 0 Å². The summed E-state index contributed by atoms with van der Waals surface area (Å²) in [5.74, 6) is 0.177. The highest BCUT2D eigenvalue weighted by atomic mass is 14.2. The molecule has 5 rings (SSSR count). The van der Waals surface area contributed by atoms with E-state index in [-0.39, 0.29) is 5.92 Å². The van der Waals surface area contributed by atoms with Crippen molar-refractivity contribution in [2.45, 2.75) is 20.3 Å². The minimum Gasteiger partial charge on any atom is -0.0848 e. The third-order valence-corrected chi connectivity index (χ3v) is 7.92. The van der Waals surface area contributed by atoms with Crippen molar-refractivity contribution in [3.05, 3.63) is 223 Å². The SMILES string of the molecule is CC\C=C/C=C\C=C\C(C)C1=CC(c2ccccc2-c2ccccc2)=CC=CC=C(c2ccccc2)C=C(c2ccccc2)C=C1. The fourth-order valence-corrected chi connectivity index (χ4v) is 5.40. The number of hydrogen-bond acceptors (Lipinski definition) is 0. The van der Waals surface area contributed by atoms with Crippen molar-refractivity contribution in [1.29, 1.82) is 0 Å². The molecule has 0 saturated carbocycles. The fourth-order valence-electron chi connectivity index (χ4n) is 5.40. The molecule has 1 unspecified atom stereocenters. The predicted octanol–water partition coefficient (Wildman–Crippen LogP) is 12.7. The van der Waals surface area contributed by atoms with E-state index < -0.39 is 0 Å². The minimum absolute atomic E-state index is 0.177. The van der Waals surface area contributed by atoms with Gasteiger partial charge in [0.2, 0.25) is 0 Å². The van der Waals surface area contributed by atoms with E-state index in [1.54, 1.807) is 0 Å². The van der Waals surface area contributed by atoms with Crippen LogP contribution in [-0.2, 0) is 0 Å². The van der Waals surface area contributed by atoms with Crippen LogP contribution < -0.4 is 0 Å². The summed E-state index contributed by atoms with van der Waals surface area (Å²) in [6.07, 6.45) is 31.9. The van der Waals surface area contributed by atoms with Crippen molar-refractivity contribution < 1.29 is 0 Å². The Bertz CT molecular complexity index is 1830. The lowest BCUT2D eigenvalue weighted by atomic mass is 9.89. The quantitative estimate of drug-likeness (QED) is 0.169. The molecule has 0 aliphatic heterocycles. The molecule has 0 heteroatoms. The largest absolute Gasteiger partial charge is 0.0848 e. The smallest absolute Gasteiger partial charge is 0.000710 e. The van der Waals surface area contributed by atoms with E-state index in [0.29, 0.717) is 0 Å². The zero-order valence-corrected chi connectivity index (χ0v) is 26.8. The second-order valence-electron chi connectivity index (χ2n) is 11.2. The van der Waals surface area contributed by atoms with Crippen LogP contribution in [0.3, 0.4) is 0 Å². The van der Waals surface area contributed by atoms with E-state index in [0.717, 1.165) is 23.1 Å². The number of hydrogen-bond donors (Lipinski definition) is 0. The van der Waals surface area contributed by atoms with Crippen LogP contribution in [0.2, 0.25) is 0 Å². The first-order valence-corrected chi connectivity index (χ1v) is 16.2. The molecule has 226 valence electrons. The van der Waals surface area contributed by atoms with Gasteiger partial charge in [-0.25, -0.2) is 0 Å². The van der Waals surface area contributed by atoms with Crippen molar-refractivity contribution in [2.24, 2.45) is 5.92 Å². The number of benzene rings is 4. The molecule has 0 bridgehead atoms. The molecule has 0 amide bonds. The number of rotatable bonds is 9. The average Bonchev–Trinajstić information content (AvgIpc) is 3.11. The molecular weight excluding hydrogens is 553 g/mol. The highest BCUT2D eigenvalue weighted by Gasteiger charge is 2.11. The summed E-state index contributed by atoms with van der Waals surface area (Å²) in [6.45, 7) is 4.42. The van der Waals surface area contributed by atoms with Gasteiger partial charge in [-0.1, -0.05) is 208 Å². The van der Waals surface area contributed by atoms with Crippen molar-refractivity contribution in [1.82, 2.24) is 0 Å². The normalized spacial score (nSPS) is 14.8. The molecule has 0 radical (unpaired) electrons. The Labute approximate surface area is 275 Å². The Kier molecular flexibility index (Phi) is 11.9. The Morgan fingerprint density at radius 2 is 1.04 bits per heavy atom. The third-order valence-electron chi connectivity index (χ3n) is 7.92. The number of allylic oxidation sites excluding steroid dienone is 18. The second kappa shape index (κ2) is 17.1. The summed E-state index contributed by atoms with van der Waals surface area (Å²) in [7, 11) is 0. The van der Waals surface area contributed by atoms with Gasteiger partial charge in [0.15, 0.2) is 0 Å². The van der Waals surface area contributed by atoms with Crippen molar-refractivity contribution in [2.75, 3.05) is 0 Å². The molecule has 0 heterocycles. The predicted molar refractivity (Wildman–Crippen MR) is 202 cm³/mol. The summed E-state index contributed by atoms with van der Waals surface area (Å²) in [4.78, 5) is 0. The van der Waals surface area contributed by atoms with Gasteiger partial charge in [-0.2, -0.15) is 0 Å². The van der Waals surface area contributed by atoms with E-state index >= 15 is 0 Å². The summed E-state index contributed by atoms with van der Waals surface area (Å²) in [5.41, 5.74) is 10.7. The molecule has 0 fully saturated rings. The summed E-state index contributed by atoms with van der Waals surface area (Å²) in [6, 6.07) is 40.6. The lowest BCUT2D eigenvalue weighted by Crippen LogP contribution is -1.96. The second-order valence-corrected chi connectivity index (χ2v) is 11.2. The van der Waals surface area contributed by atoms with E-state index in [9.17, 15) is 0 Å². The van der Waals surface area contributed by atoms with E-state index in [4.69, 9.17) is 0 Å². The van der Waals surface area contributed by atoms with Gasteiger partial charge in [0.1, 0.15) is 0 Å². The maximum atomic E-state index is 2.35. The zero-order valence-electron chi connectivity index (χ0n) is 26.8. The maximum Gasteiger partial charge on any atom is -0.000710 e. The minimum atomic E-state index is 0.177. The third kappa shape index (κ3) is 9.03. The molecule has 0 spiro atoms. The maximum absolute atomic E-state index is 2.35. The molecule has 4 aromatic carbocycles. The van der Waals surface area contributed by atoms with Crippen molar-refractivity contribution >= 4 is 16.7 Å². The van der Waals surface area contributed by atoms with Gasteiger partial charge >= 0.3 is 0 Å². The van der Waals surface area contributed by atoms with E-state index in [1.807, 2.05) is 0 Å². The van der Waals surface area contributed by atoms with Crippen molar-refractivity contribution in [3.8, 4) is 11.1 Å². The first-order chi connectivity index (χ1) is 22.7. The Hall–Kier alpha value is -5.46. The molecule has 1 aliphatic rings. The van der Waals surface area contributed by atoms with Gasteiger partial charge < -0.3 is 0 Å². The van der Waals surface area contributed by atoms with Gasteiger partial charge in [0.05, 0.1) is 0 Å².